The van der Waals surface area contributed by atoms with E-state index in [0.717, 1.165) is 63.7 Å². The number of ether oxygens (including phenoxy) is 3. The molecule has 3 atom stereocenters. The highest BCUT2D eigenvalue weighted by atomic mass is 31.2. The highest BCUT2D eigenvalue weighted by Crippen LogP contribution is 2.36. The fraction of sp³-hybridized carbons (Fsp3) is 0.882. The van der Waals surface area contributed by atoms with Crippen LogP contribution in [-0.4, -0.2) is 53.3 Å². The topological polar surface area (TPSA) is 132 Å². The average molecular weight is 647 g/mol. The van der Waals surface area contributed by atoms with Crippen molar-refractivity contribution >= 4 is 19.8 Å². The molecule has 1 rings (SSSR count). The van der Waals surface area contributed by atoms with E-state index in [4.69, 9.17) is 24.0 Å². The Labute approximate surface area is 267 Å². The summed E-state index contributed by atoms with van der Waals surface area (Å²) < 4.78 is 31.9. The van der Waals surface area contributed by atoms with Crippen molar-refractivity contribution in [2.75, 3.05) is 13.2 Å². The van der Waals surface area contributed by atoms with Crippen LogP contribution in [0.4, 0.5) is 0 Å². The largest absolute Gasteiger partial charge is 0.469 e. The first-order valence-corrected chi connectivity index (χ1v) is 19.0. The van der Waals surface area contributed by atoms with E-state index in [1.54, 1.807) is 0 Å². The zero-order chi connectivity index (χ0) is 32.5. The maximum Gasteiger partial charge on any atom is 0.469 e. The van der Waals surface area contributed by atoms with Gasteiger partial charge in [-0.1, -0.05) is 116 Å². The first kappa shape index (κ1) is 40.8. The van der Waals surface area contributed by atoms with Crippen LogP contribution < -0.4 is 0 Å². The second-order valence-electron chi connectivity index (χ2n) is 12.7. The fourth-order valence-electron chi connectivity index (χ4n) is 5.15. The summed E-state index contributed by atoms with van der Waals surface area (Å²) >= 11 is 0. The molecule has 0 amide bonds. The SMILES string of the molecule is CCCCCC1OC1C/C=C\CCCCCCCC(=O)O[C@H](COC(=O)CCCCCCCCCC(C)C)COP(=O)(O)O. The molecule has 1 fully saturated rings. The maximum atomic E-state index is 12.3. The summed E-state index contributed by atoms with van der Waals surface area (Å²) in [6.45, 7) is 5.88. The van der Waals surface area contributed by atoms with Gasteiger partial charge in [-0.05, 0) is 44.4 Å². The van der Waals surface area contributed by atoms with Gasteiger partial charge in [0.1, 0.15) is 6.61 Å². The van der Waals surface area contributed by atoms with Gasteiger partial charge in [0.15, 0.2) is 6.10 Å². The number of unbranched alkanes of at least 4 members (excludes halogenated alkanes) is 13. The molecule has 0 bridgehead atoms. The van der Waals surface area contributed by atoms with Crippen LogP contribution in [-0.2, 0) is 32.9 Å². The van der Waals surface area contributed by atoms with Crippen molar-refractivity contribution in [1.82, 2.24) is 0 Å². The minimum atomic E-state index is -4.75. The number of carbonyl (C=O) groups excluding carboxylic acids is 2. The lowest BCUT2D eigenvalue weighted by molar-refractivity contribution is -0.161. The summed E-state index contributed by atoms with van der Waals surface area (Å²) in [5.74, 6) is -0.152. The number of rotatable bonds is 30. The molecule has 0 aromatic heterocycles. The number of carbonyl (C=O) groups is 2. The van der Waals surface area contributed by atoms with E-state index in [0.29, 0.717) is 18.6 Å². The van der Waals surface area contributed by atoms with E-state index in [1.165, 1.54) is 57.8 Å². The van der Waals surface area contributed by atoms with Gasteiger partial charge in [-0.2, -0.15) is 0 Å². The Bertz CT molecular complexity index is 811. The molecule has 258 valence electrons. The lowest BCUT2D eigenvalue weighted by Crippen LogP contribution is -2.29. The first-order valence-electron chi connectivity index (χ1n) is 17.5. The monoisotopic (exact) mass is 646 g/mol. The van der Waals surface area contributed by atoms with Gasteiger partial charge in [0, 0.05) is 12.8 Å². The molecule has 0 aromatic rings. The molecule has 2 N–H and O–H groups in total. The summed E-state index contributed by atoms with van der Waals surface area (Å²) in [5, 5.41) is 0. The van der Waals surface area contributed by atoms with Crippen LogP contribution in [0.25, 0.3) is 0 Å². The van der Waals surface area contributed by atoms with Gasteiger partial charge >= 0.3 is 19.8 Å². The van der Waals surface area contributed by atoms with Gasteiger partial charge in [-0.15, -0.1) is 0 Å². The summed E-state index contributed by atoms with van der Waals surface area (Å²) in [6, 6.07) is 0. The number of phosphoric acid groups is 1. The van der Waals surface area contributed by atoms with Gasteiger partial charge in [0.25, 0.3) is 0 Å². The van der Waals surface area contributed by atoms with Crippen LogP contribution in [0.5, 0.6) is 0 Å². The van der Waals surface area contributed by atoms with Crippen molar-refractivity contribution in [2.24, 2.45) is 5.92 Å². The Morgan fingerprint density at radius 3 is 2.02 bits per heavy atom. The van der Waals surface area contributed by atoms with Crippen molar-refractivity contribution in [2.45, 2.75) is 174 Å². The number of hydrogen-bond acceptors (Lipinski definition) is 7. The Kier molecular flexibility index (Phi) is 24.0. The predicted molar refractivity (Wildman–Crippen MR) is 174 cm³/mol. The van der Waals surface area contributed by atoms with Crippen LogP contribution in [0.15, 0.2) is 12.2 Å². The Balaban J connectivity index is 2.11. The molecule has 0 radical (unpaired) electrons. The normalized spacial score (nSPS) is 17.3. The minimum absolute atomic E-state index is 0.193. The van der Waals surface area contributed by atoms with Crippen molar-refractivity contribution in [1.29, 1.82) is 0 Å². The molecular weight excluding hydrogens is 583 g/mol. The number of phosphoric ester groups is 1. The number of allylic oxidation sites excluding steroid dienone is 1. The lowest BCUT2D eigenvalue weighted by Gasteiger charge is -2.18. The molecular formula is C34H63O9P. The van der Waals surface area contributed by atoms with Crippen LogP contribution in [0, 0.1) is 5.92 Å². The van der Waals surface area contributed by atoms with Gasteiger partial charge in [0.05, 0.1) is 18.8 Å². The van der Waals surface area contributed by atoms with Crippen molar-refractivity contribution < 1.29 is 42.7 Å². The fourth-order valence-corrected chi connectivity index (χ4v) is 5.51. The molecule has 1 aliphatic heterocycles. The van der Waals surface area contributed by atoms with E-state index < -0.39 is 32.5 Å². The zero-order valence-electron chi connectivity index (χ0n) is 27.9. The minimum Gasteiger partial charge on any atom is -0.462 e. The molecule has 10 heteroatoms. The molecule has 1 saturated heterocycles. The van der Waals surface area contributed by atoms with E-state index in [9.17, 15) is 14.2 Å². The van der Waals surface area contributed by atoms with E-state index >= 15 is 0 Å². The summed E-state index contributed by atoms with van der Waals surface area (Å²) in [5.41, 5.74) is 0. The van der Waals surface area contributed by atoms with Crippen molar-refractivity contribution in [3.63, 3.8) is 0 Å². The Morgan fingerprint density at radius 1 is 0.773 bits per heavy atom. The van der Waals surface area contributed by atoms with Gasteiger partial charge in [-0.3, -0.25) is 14.1 Å². The maximum absolute atomic E-state index is 12.3. The second kappa shape index (κ2) is 25.9. The van der Waals surface area contributed by atoms with Gasteiger partial charge in [0.2, 0.25) is 0 Å². The molecule has 2 unspecified atom stereocenters. The molecule has 1 heterocycles. The van der Waals surface area contributed by atoms with Crippen molar-refractivity contribution in [3.05, 3.63) is 12.2 Å². The summed E-state index contributed by atoms with van der Waals surface area (Å²) in [6.07, 6.45) is 25.5. The van der Waals surface area contributed by atoms with Crippen LogP contribution in [0.3, 0.4) is 0 Å². The molecule has 0 saturated carbocycles. The Morgan fingerprint density at radius 2 is 1.39 bits per heavy atom. The predicted octanol–water partition coefficient (Wildman–Crippen LogP) is 8.74. The van der Waals surface area contributed by atoms with Gasteiger partial charge < -0.3 is 24.0 Å². The molecule has 1 aliphatic rings. The molecule has 0 aliphatic carbocycles. The van der Waals surface area contributed by atoms with Crippen LogP contribution >= 0.6 is 7.82 Å². The third kappa shape index (κ3) is 26.0. The van der Waals surface area contributed by atoms with Crippen LogP contribution in [0.2, 0.25) is 0 Å². The number of esters is 2. The first-order chi connectivity index (χ1) is 21.1. The third-order valence-electron chi connectivity index (χ3n) is 7.89. The van der Waals surface area contributed by atoms with E-state index in [2.05, 4.69) is 37.4 Å². The summed E-state index contributed by atoms with van der Waals surface area (Å²) in [4.78, 5) is 42.5. The molecule has 0 spiro atoms. The zero-order valence-corrected chi connectivity index (χ0v) is 28.8. The van der Waals surface area contributed by atoms with Gasteiger partial charge in [-0.25, -0.2) is 4.57 Å². The Hall–Kier alpha value is -1.25. The smallest absolute Gasteiger partial charge is 0.462 e. The highest BCUT2D eigenvalue weighted by molar-refractivity contribution is 7.46. The number of epoxide rings is 1. The summed E-state index contributed by atoms with van der Waals surface area (Å²) in [7, 11) is -4.75. The quantitative estimate of drug-likeness (QED) is 0.0258. The average Bonchev–Trinajstić information content (AvgIpc) is 3.71. The van der Waals surface area contributed by atoms with E-state index in [1.807, 2.05) is 0 Å². The second-order valence-corrected chi connectivity index (χ2v) is 14.0. The lowest BCUT2D eigenvalue weighted by atomic mass is 10.0. The van der Waals surface area contributed by atoms with Crippen LogP contribution in [0.1, 0.15) is 156 Å². The van der Waals surface area contributed by atoms with E-state index in [-0.39, 0.29) is 19.4 Å². The molecule has 9 nitrogen and oxygen atoms in total. The molecule has 44 heavy (non-hydrogen) atoms. The van der Waals surface area contributed by atoms with Crippen molar-refractivity contribution in [3.8, 4) is 0 Å². The standard InChI is InChI=1S/C34H63O9P/c1-4-5-17-23-31-32(43-31)24-19-14-10-6-7-11-16-21-26-34(36)42-30(28-41-44(37,38)39)27-40-33(35)25-20-15-12-8-9-13-18-22-29(2)3/h14,19,29-32H,4-13,15-18,20-28H2,1-3H3,(H2,37,38,39)/b19-14-/t30-,31?,32?/m1/s1. The highest BCUT2D eigenvalue weighted by Gasteiger charge is 2.36. The third-order valence-corrected chi connectivity index (χ3v) is 8.37. The number of hydrogen-bond donors (Lipinski definition) is 2. The molecule has 0 aromatic carbocycles.